The van der Waals surface area contributed by atoms with Crippen molar-refractivity contribution < 1.29 is 17.9 Å². The zero-order valence-electron chi connectivity index (χ0n) is 3.70. The summed E-state index contributed by atoms with van der Waals surface area (Å²) >= 11 is 0. The van der Waals surface area contributed by atoms with Crippen LogP contribution in [0.3, 0.4) is 0 Å². The van der Waals surface area contributed by atoms with Gasteiger partial charge in [-0.25, -0.2) is 0 Å². The van der Waals surface area contributed by atoms with E-state index in [0.717, 1.165) is 6.26 Å². The maximum Gasteiger partial charge on any atom is 0.423 e. The van der Waals surface area contributed by atoms with Crippen LogP contribution in [0.25, 0.3) is 0 Å². The van der Waals surface area contributed by atoms with Crippen LogP contribution in [0.4, 0.5) is 13.2 Å². The first kappa shape index (κ1) is 7.08. The van der Waals surface area contributed by atoms with Gasteiger partial charge in [0.05, 0.1) is 0 Å². The first-order chi connectivity index (χ1) is 3.56. The Morgan fingerprint density at radius 3 is 2.12 bits per heavy atom. The van der Waals surface area contributed by atoms with E-state index in [1.54, 1.807) is 0 Å². The molecule has 0 amide bonds. The van der Waals surface area contributed by atoms with Crippen molar-refractivity contribution in [2.75, 3.05) is 6.61 Å². The number of hydrogen-bond acceptors (Lipinski definition) is 2. The van der Waals surface area contributed by atoms with E-state index < -0.39 is 12.8 Å². The number of nitriles is 1. The van der Waals surface area contributed by atoms with E-state index in [1.807, 2.05) is 0 Å². The molecule has 0 bridgehead atoms. The van der Waals surface area contributed by atoms with Crippen molar-refractivity contribution in [1.82, 2.24) is 0 Å². The second kappa shape index (κ2) is 2.40. The molecule has 0 saturated heterocycles. The van der Waals surface area contributed by atoms with Crippen molar-refractivity contribution in [1.29, 1.82) is 5.26 Å². The van der Waals surface area contributed by atoms with Crippen LogP contribution < -0.4 is 0 Å². The maximum atomic E-state index is 11.0. The van der Waals surface area contributed by atoms with Gasteiger partial charge in [0.1, 0.15) is 0 Å². The summed E-state index contributed by atoms with van der Waals surface area (Å²) in [4.78, 5) is 0. The highest BCUT2D eigenvalue weighted by Crippen LogP contribution is 2.13. The molecule has 0 aliphatic carbocycles. The molecule has 0 aliphatic rings. The summed E-state index contributed by atoms with van der Waals surface area (Å²) in [5.74, 6) is 0. The van der Waals surface area contributed by atoms with Crippen molar-refractivity contribution in [2.45, 2.75) is 6.18 Å². The summed E-state index contributed by atoms with van der Waals surface area (Å²) in [5.41, 5.74) is 0. The fourth-order valence-corrected chi connectivity index (χ4v) is 0.114. The van der Waals surface area contributed by atoms with Gasteiger partial charge < -0.3 is 4.74 Å². The van der Waals surface area contributed by atoms with E-state index in [1.165, 1.54) is 0 Å². The fraction of sp³-hybridized carbons (Fsp3) is 0.667. The van der Waals surface area contributed by atoms with Crippen LogP contribution in [0.15, 0.2) is 0 Å². The number of alkyl halides is 3. The quantitative estimate of drug-likeness (QED) is 0.490. The molecule has 0 saturated carbocycles. The normalized spacial score (nSPS) is 10.2. The van der Waals surface area contributed by atoms with E-state index in [4.69, 9.17) is 5.26 Å². The second-order valence-electron chi connectivity index (χ2n) is 0.995. The summed E-state index contributed by atoms with van der Waals surface area (Å²) in [6, 6.07) is 0. The van der Waals surface area contributed by atoms with Crippen LogP contribution in [-0.4, -0.2) is 12.8 Å². The molecule has 0 fully saturated rings. The van der Waals surface area contributed by atoms with Crippen LogP contribution in [0.5, 0.6) is 0 Å². The zero-order valence-corrected chi connectivity index (χ0v) is 3.70. The third-order valence-electron chi connectivity index (χ3n) is 0.300. The zero-order chi connectivity index (χ0) is 6.62. The van der Waals surface area contributed by atoms with Gasteiger partial charge in [-0.05, 0) is 0 Å². The average Bonchev–Trinajstić information content (AvgIpc) is 1.59. The molecule has 0 N–H and O–H groups in total. The summed E-state index contributed by atoms with van der Waals surface area (Å²) < 4.78 is 36.3. The summed E-state index contributed by atoms with van der Waals surface area (Å²) in [7, 11) is 0. The first-order valence-electron chi connectivity index (χ1n) is 1.64. The van der Waals surface area contributed by atoms with E-state index in [-0.39, 0.29) is 0 Å². The summed E-state index contributed by atoms with van der Waals surface area (Å²) in [6.45, 7) is -1.50. The molecule has 0 aliphatic heterocycles. The Labute approximate surface area is 43.5 Å². The molecular weight excluding hydrogens is 123 g/mol. The van der Waals surface area contributed by atoms with Gasteiger partial charge in [0.25, 0.3) is 6.26 Å². The number of nitrogens with zero attached hydrogens (tertiary/aromatic N) is 1. The minimum atomic E-state index is -4.39. The van der Waals surface area contributed by atoms with Gasteiger partial charge in [0.15, 0.2) is 6.61 Å². The molecule has 0 heterocycles. The van der Waals surface area contributed by atoms with Crippen molar-refractivity contribution in [3.05, 3.63) is 0 Å². The third-order valence-corrected chi connectivity index (χ3v) is 0.300. The lowest BCUT2D eigenvalue weighted by Crippen LogP contribution is -2.14. The minimum absolute atomic E-state index is 0.904. The molecule has 0 atom stereocenters. The average molecular weight is 125 g/mol. The highest BCUT2D eigenvalue weighted by molar-refractivity contribution is 4.52. The van der Waals surface area contributed by atoms with Gasteiger partial charge in [-0.15, -0.1) is 0 Å². The van der Waals surface area contributed by atoms with Gasteiger partial charge in [-0.3, -0.25) is 0 Å². The summed E-state index contributed by atoms with van der Waals surface area (Å²) in [5, 5.41) is 7.46. The van der Waals surface area contributed by atoms with E-state index in [0.29, 0.717) is 0 Å². The van der Waals surface area contributed by atoms with E-state index in [2.05, 4.69) is 4.74 Å². The van der Waals surface area contributed by atoms with E-state index >= 15 is 0 Å². The third kappa shape index (κ3) is 5.08. The minimum Gasteiger partial charge on any atom is -0.418 e. The number of ether oxygens (including phenoxy) is 1. The fourth-order valence-electron chi connectivity index (χ4n) is 0.114. The lowest BCUT2D eigenvalue weighted by molar-refractivity contribution is -0.159. The first-order valence-corrected chi connectivity index (χ1v) is 1.64. The van der Waals surface area contributed by atoms with Crippen LogP contribution in [-0.2, 0) is 4.74 Å². The van der Waals surface area contributed by atoms with Crippen LogP contribution in [0.2, 0.25) is 0 Å². The van der Waals surface area contributed by atoms with Gasteiger partial charge >= 0.3 is 6.18 Å². The van der Waals surface area contributed by atoms with Gasteiger partial charge in [-0.1, -0.05) is 0 Å². The van der Waals surface area contributed by atoms with Crippen LogP contribution in [0.1, 0.15) is 0 Å². The monoisotopic (exact) mass is 125 g/mol. The van der Waals surface area contributed by atoms with Crippen molar-refractivity contribution >= 4 is 0 Å². The Morgan fingerprint density at radius 2 is 2.00 bits per heavy atom. The molecule has 5 heteroatoms. The molecule has 0 radical (unpaired) electrons. The lowest BCUT2D eigenvalue weighted by atomic mass is 10.7. The Morgan fingerprint density at radius 1 is 1.50 bits per heavy atom. The molecule has 0 aromatic carbocycles. The predicted molar refractivity (Wildman–Crippen MR) is 17.6 cm³/mol. The standard InChI is InChI=1S/C3H2F3NO/c4-3(5,6)1-8-2-7/h1H2. The Balaban J connectivity index is 3.28. The highest BCUT2D eigenvalue weighted by Gasteiger charge is 2.28. The largest absolute Gasteiger partial charge is 0.423 e. The molecule has 0 spiro atoms. The van der Waals surface area contributed by atoms with Gasteiger partial charge in [0, 0.05) is 0 Å². The molecule has 0 aromatic rings. The molecule has 0 aromatic heterocycles. The van der Waals surface area contributed by atoms with Crippen molar-refractivity contribution in [2.24, 2.45) is 0 Å². The molecule has 2 nitrogen and oxygen atoms in total. The lowest BCUT2D eigenvalue weighted by Gasteiger charge is -1.99. The van der Waals surface area contributed by atoms with E-state index in [9.17, 15) is 13.2 Å². The smallest absolute Gasteiger partial charge is 0.418 e. The molecular formula is C3H2F3NO. The highest BCUT2D eigenvalue weighted by atomic mass is 19.4. The maximum absolute atomic E-state index is 11.0. The van der Waals surface area contributed by atoms with Gasteiger partial charge in [0.2, 0.25) is 0 Å². The number of hydrogen-bond donors (Lipinski definition) is 0. The Bertz CT molecular complexity index is 102. The Hall–Kier alpha value is -0.920. The summed E-state index contributed by atoms with van der Waals surface area (Å²) in [6.07, 6.45) is -3.49. The SMILES string of the molecule is N#COCC(F)(F)F. The second-order valence-corrected chi connectivity index (χ2v) is 0.995. The van der Waals surface area contributed by atoms with Crippen molar-refractivity contribution in [3.8, 4) is 6.26 Å². The molecule has 0 rings (SSSR count). The number of halogens is 3. The van der Waals surface area contributed by atoms with Crippen molar-refractivity contribution in [3.63, 3.8) is 0 Å². The Kier molecular flexibility index (Phi) is 2.13. The predicted octanol–water partition coefficient (Wildman–Crippen LogP) is 1.05. The molecule has 8 heavy (non-hydrogen) atoms. The van der Waals surface area contributed by atoms with Crippen LogP contribution in [0, 0.1) is 11.5 Å². The van der Waals surface area contributed by atoms with Crippen LogP contribution >= 0.6 is 0 Å². The number of rotatable bonds is 1. The topological polar surface area (TPSA) is 33.0 Å². The van der Waals surface area contributed by atoms with Gasteiger partial charge in [-0.2, -0.15) is 18.4 Å². The molecule has 46 valence electrons. The molecule has 0 unspecified atom stereocenters.